The second-order valence-corrected chi connectivity index (χ2v) is 5.22. The first kappa shape index (κ1) is 13.6. The van der Waals surface area contributed by atoms with Crippen LogP contribution in [0, 0.1) is 0 Å². The zero-order valence-electron chi connectivity index (χ0n) is 11.5. The number of aliphatic hydroxyl groups excluding tert-OH is 1. The zero-order valence-corrected chi connectivity index (χ0v) is 11.5. The van der Waals surface area contributed by atoms with Gasteiger partial charge in [-0.15, -0.1) is 0 Å². The first-order valence-corrected chi connectivity index (χ1v) is 6.92. The Morgan fingerprint density at radius 1 is 1.29 bits per heavy atom. The molecule has 2 amide bonds. The lowest BCUT2D eigenvalue weighted by Crippen LogP contribution is -2.48. The van der Waals surface area contributed by atoms with Crippen LogP contribution in [0.2, 0.25) is 0 Å². The first-order valence-electron chi connectivity index (χ1n) is 6.92. The molecule has 5 nitrogen and oxygen atoms in total. The number of nitrogens with one attached hydrogen (secondary N) is 2. The van der Waals surface area contributed by atoms with Crippen LogP contribution >= 0.6 is 0 Å². The largest absolute Gasteiger partial charge is 0.394 e. The maximum atomic E-state index is 12.2. The summed E-state index contributed by atoms with van der Waals surface area (Å²) in [6.07, 6.45) is 4.77. The number of aryl methyl sites for hydroxylation is 1. The molecule has 108 valence electrons. The SMILES string of the molecule is O=C(Nc1cccnc1)NC1(CO)CCc2ccccc21. The molecule has 21 heavy (non-hydrogen) atoms. The molecular weight excluding hydrogens is 266 g/mol. The summed E-state index contributed by atoms with van der Waals surface area (Å²) >= 11 is 0. The maximum Gasteiger partial charge on any atom is 0.320 e. The number of aliphatic hydroxyl groups is 1. The minimum absolute atomic E-state index is 0.121. The molecule has 0 aliphatic heterocycles. The van der Waals surface area contributed by atoms with Crippen LogP contribution in [0.15, 0.2) is 48.8 Å². The fourth-order valence-electron chi connectivity index (χ4n) is 2.84. The molecule has 2 aromatic rings. The molecule has 0 saturated heterocycles. The van der Waals surface area contributed by atoms with Gasteiger partial charge in [0.15, 0.2) is 0 Å². The number of hydrogen-bond donors (Lipinski definition) is 3. The van der Waals surface area contributed by atoms with E-state index in [0.29, 0.717) is 12.1 Å². The van der Waals surface area contributed by atoms with E-state index >= 15 is 0 Å². The standard InChI is InChI=1S/C16H17N3O2/c20-11-16(8-7-12-4-1-2-6-14(12)16)19-15(21)18-13-5-3-9-17-10-13/h1-6,9-10,20H,7-8,11H2,(H2,18,19,21). The van der Waals surface area contributed by atoms with Crippen molar-refractivity contribution < 1.29 is 9.90 Å². The van der Waals surface area contributed by atoms with Crippen molar-refractivity contribution in [3.05, 3.63) is 59.9 Å². The molecule has 5 heteroatoms. The Labute approximate surface area is 123 Å². The zero-order chi connectivity index (χ0) is 14.7. The average molecular weight is 283 g/mol. The number of anilines is 1. The van der Waals surface area contributed by atoms with Crippen molar-refractivity contribution in [1.29, 1.82) is 0 Å². The number of carbonyl (C=O) groups is 1. The van der Waals surface area contributed by atoms with E-state index in [4.69, 9.17) is 0 Å². The molecule has 1 aromatic heterocycles. The Balaban J connectivity index is 1.78. The predicted octanol–water partition coefficient (Wildman–Crippen LogP) is 2.04. The number of fused-ring (bicyclic) bond motifs is 1. The van der Waals surface area contributed by atoms with E-state index in [9.17, 15) is 9.90 Å². The second-order valence-electron chi connectivity index (χ2n) is 5.22. The topological polar surface area (TPSA) is 74.2 Å². The van der Waals surface area contributed by atoms with E-state index in [-0.39, 0.29) is 12.6 Å². The van der Waals surface area contributed by atoms with E-state index in [2.05, 4.69) is 15.6 Å². The number of rotatable bonds is 3. The van der Waals surface area contributed by atoms with Gasteiger partial charge in [0.1, 0.15) is 0 Å². The highest BCUT2D eigenvalue weighted by Crippen LogP contribution is 2.36. The Morgan fingerprint density at radius 3 is 2.90 bits per heavy atom. The summed E-state index contributed by atoms with van der Waals surface area (Å²) in [5.74, 6) is 0. The van der Waals surface area contributed by atoms with Crippen LogP contribution in [0.3, 0.4) is 0 Å². The van der Waals surface area contributed by atoms with Crippen LogP contribution in [0.1, 0.15) is 17.5 Å². The first-order chi connectivity index (χ1) is 10.2. The summed E-state index contributed by atoms with van der Waals surface area (Å²) in [6.45, 7) is -0.121. The minimum Gasteiger partial charge on any atom is -0.394 e. The third-order valence-electron chi connectivity index (χ3n) is 3.90. The molecule has 3 rings (SSSR count). The molecular formula is C16H17N3O2. The van der Waals surface area contributed by atoms with Crippen LogP contribution in [0.5, 0.6) is 0 Å². The van der Waals surface area contributed by atoms with Crippen LogP contribution < -0.4 is 10.6 Å². The Morgan fingerprint density at radius 2 is 2.14 bits per heavy atom. The van der Waals surface area contributed by atoms with Gasteiger partial charge in [-0.2, -0.15) is 0 Å². The average Bonchev–Trinajstić information content (AvgIpc) is 2.88. The molecule has 1 unspecified atom stereocenters. The van der Waals surface area contributed by atoms with Gasteiger partial charge in [0.25, 0.3) is 0 Å². The third kappa shape index (κ3) is 2.60. The second kappa shape index (κ2) is 5.54. The predicted molar refractivity (Wildman–Crippen MR) is 79.9 cm³/mol. The molecule has 1 aromatic carbocycles. The van der Waals surface area contributed by atoms with Gasteiger partial charge in [-0.05, 0) is 36.1 Å². The van der Waals surface area contributed by atoms with E-state index in [1.165, 1.54) is 5.56 Å². The highest BCUT2D eigenvalue weighted by molar-refractivity contribution is 5.89. The highest BCUT2D eigenvalue weighted by atomic mass is 16.3. The summed E-state index contributed by atoms with van der Waals surface area (Å²) in [7, 11) is 0. The Kier molecular flexibility index (Phi) is 3.58. The number of carbonyl (C=O) groups excluding carboxylic acids is 1. The summed E-state index contributed by atoms with van der Waals surface area (Å²) in [5, 5.41) is 15.5. The fourth-order valence-corrected chi connectivity index (χ4v) is 2.84. The molecule has 1 heterocycles. The smallest absolute Gasteiger partial charge is 0.320 e. The molecule has 0 bridgehead atoms. The van der Waals surface area contributed by atoms with Crippen molar-refractivity contribution in [1.82, 2.24) is 10.3 Å². The van der Waals surface area contributed by atoms with Gasteiger partial charge < -0.3 is 15.7 Å². The van der Waals surface area contributed by atoms with Crippen LogP contribution in [0.4, 0.5) is 10.5 Å². The molecule has 1 aliphatic rings. The monoisotopic (exact) mass is 283 g/mol. The quantitative estimate of drug-likeness (QED) is 0.807. The molecule has 0 saturated carbocycles. The third-order valence-corrected chi connectivity index (χ3v) is 3.90. The van der Waals surface area contributed by atoms with Gasteiger partial charge in [0.2, 0.25) is 0 Å². The number of hydrogen-bond acceptors (Lipinski definition) is 3. The molecule has 3 N–H and O–H groups in total. The summed E-state index contributed by atoms with van der Waals surface area (Å²) < 4.78 is 0. The lowest BCUT2D eigenvalue weighted by atomic mass is 9.93. The van der Waals surface area contributed by atoms with Crippen LogP contribution in [-0.2, 0) is 12.0 Å². The summed E-state index contributed by atoms with van der Waals surface area (Å²) in [4.78, 5) is 16.1. The summed E-state index contributed by atoms with van der Waals surface area (Å²) in [6, 6.07) is 11.1. The Bertz CT molecular complexity index is 645. The van der Waals surface area contributed by atoms with Crippen molar-refractivity contribution in [3.63, 3.8) is 0 Å². The van der Waals surface area contributed by atoms with Gasteiger partial charge in [-0.1, -0.05) is 24.3 Å². The van der Waals surface area contributed by atoms with E-state index in [0.717, 1.165) is 12.0 Å². The molecule has 0 spiro atoms. The van der Waals surface area contributed by atoms with Crippen molar-refractivity contribution in [2.45, 2.75) is 18.4 Å². The fraction of sp³-hybridized carbons (Fsp3) is 0.250. The van der Waals surface area contributed by atoms with Crippen LogP contribution in [0.25, 0.3) is 0 Å². The minimum atomic E-state index is -0.705. The summed E-state index contributed by atoms with van der Waals surface area (Å²) in [5.41, 5.74) is 2.08. The number of nitrogens with zero attached hydrogens (tertiary/aromatic N) is 1. The molecule has 1 atom stereocenters. The number of amides is 2. The van der Waals surface area contributed by atoms with Crippen molar-refractivity contribution >= 4 is 11.7 Å². The number of pyridine rings is 1. The number of benzene rings is 1. The normalized spacial score (nSPS) is 19.9. The van der Waals surface area contributed by atoms with E-state index in [1.54, 1.807) is 24.5 Å². The van der Waals surface area contributed by atoms with Gasteiger partial charge in [-0.3, -0.25) is 4.98 Å². The van der Waals surface area contributed by atoms with E-state index < -0.39 is 5.54 Å². The van der Waals surface area contributed by atoms with Crippen LogP contribution in [-0.4, -0.2) is 22.7 Å². The van der Waals surface area contributed by atoms with Crippen molar-refractivity contribution in [2.24, 2.45) is 0 Å². The van der Waals surface area contributed by atoms with Gasteiger partial charge in [0, 0.05) is 6.20 Å². The number of urea groups is 1. The lowest BCUT2D eigenvalue weighted by molar-refractivity contribution is 0.164. The Hall–Kier alpha value is -2.40. The van der Waals surface area contributed by atoms with Crippen molar-refractivity contribution in [2.75, 3.05) is 11.9 Å². The molecule has 1 aliphatic carbocycles. The molecule has 0 fully saturated rings. The van der Waals surface area contributed by atoms with Gasteiger partial charge >= 0.3 is 6.03 Å². The van der Waals surface area contributed by atoms with Gasteiger partial charge in [-0.25, -0.2) is 4.79 Å². The number of aromatic nitrogens is 1. The van der Waals surface area contributed by atoms with E-state index in [1.807, 2.05) is 24.3 Å². The van der Waals surface area contributed by atoms with Gasteiger partial charge in [0.05, 0.1) is 24.0 Å². The lowest BCUT2D eigenvalue weighted by Gasteiger charge is -2.29. The van der Waals surface area contributed by atoms with Crippen molar-refractivity contribution in [3.8, 4) is 0 Å². The molecule has 0 radical (unpaired) electrons. The maximum absolute atomic E-state index is 12.2. The highest BCUT2D eigenvalue weighted by Gasteiger charge is 2.39.